The van der Waals surface area contributed by atoms with Gasteiger partial charge in [0.2, 0.25) is 0 Å². The van der Waals surface area contributed by atoms with Gasteiger partial charge in [-0.1, -0.05) is 41.5 Å². The number of carbonyl (C=O) groups excluding carboxylic acids is 6. The Balaban J connectivity index is -0.000000184. The number of Topliss-reactive ketones (excluding diaryl/α,β-unsaturated/α-hetero) is 3. The summed E-state index contributed by atoms with van der Waals surface area (Å²) in [6.45, 7) is 14.0. The van der Waals surface area contributed by atoms with Gasteiger partial charge < -0.3 is 29.7 Å². The summed E-state index contributed by atoms with van der Waals surface area (Å²) in [6.07, 6.45) is -0.357. The van der Waals surface area contributed by atoms with Gasteiger partial charge in [0.05, 0.1) is 0 Å². The van der Waals surface area contributed by atoms with Gasteiger partial charge >= 0.3 is 37.7 Å². The standard InChI is InChI=1S/3C7H12O3.C2H5O.Ti/c3*1-5(2)3-6(8)4-7(9)10;1-2-3;/h3*5H,3-4H2,1-2H3,(H,9,10);2H2,1H3;/q;;;-1;+4/p-3. The number of ketones is 3. The average Bonchev–Trinajstić information content (AvgIpc) is 2.58. The number of aliphatic carboxylic acids is 3. The molecule has 0 saturated heterocycles. The van der Waals surface area contributed by atoms with Crippen LogP contribution in [0.2, 0.25) is 0 Å². The van der Waals surface area contributed by atoms with Crippen LogP contribution in [0.3, 0.4) is 0 Å². The Morgan fingerprint density at radius 1 is 0.588 bits per heavy atom. The maximum atomic E-state index is 10.6. The van der Waals surface area contributed by atoms with Gasteiger partial charge in [0.1, 0.15) is 17.3 Å². The molecule has 0 aliphatic carbocycles. The first-order valence-electron chi connectivity index (χ1n) is 10.9. The molecule has 0 atom stereocenters. The second-order valence-electron chi connectivity index (χ2n) is 8.49. The molecule has 0 aliphatic rings. The molecule has 0 saturated carbocycles. The van der Waals surface area contributed by atoms with Gasteiger partial charge in [0.25, 0.3) is 0 Å². The van der Waals surface area contributed by atoms with E-state index in [4.69, 9.17) is 0 Å². The van der Waals surface area contributed by atoms with Gasteiger partial charge in [0.15, 0.2) is 0 Å². The molecule has 194 valence electrons. The van der Waals surface area contributed by atoms with E-state index in [0.29, 0.717) is 19.3 Å². The van der Waals surface area contributed by atoms with E-state index in [2.05, 4.69) is 3.32 Å². The summed E-state index contributed by atoms with van der Waals surface area (Å²) in [6, 6.07) is 0. The molecule has 0 aromatic heterocycles. The molecule has 0 aromatic carbocycles. The molecule has 0 aromatic rings. The Morgan fingerprint density at radius 3 is 0.853 bits per heavy atom. The van der Waals surface area contributed by atoms with Crippen LogP contribution in [0.15, 0.2) is 0 Å². The Hall–Kier alpha value is -1.91. The van der Waals surface area contributed by atoms with Crippen molar-refractivity contribution in [3.05, 3.63) is 0 Å². The summed E-state index contributed by atoms with van der Waals surface area (Å²) < 4.78 is 4.54. The number of carboxylic acids is 3. The van der Waals surface area contributed by atoms with Crippen LogP contribution in [-0.2, 0) is 52.9 Å². The van der Waals surface area contributed by atoms with Crippen molar-refractivity contribution in [2.24, 2.45) is 17.8 Å². The zero-order valence-corrected chi connectivity index (χ0v) is 22.8. The SMILES string of the molecule is CC(C)CC(=O)CC(=O)[O-].CC(C)CC(=O)CC(=O)[O-].CC(C)CC(=O)CC(=O)[O-].CC[O][Ti+3]. The van der Waals surface area contributed by atoms with Gasteiger partial charge in [0, 0.05) is 56.4 Å². The minimum absolute atomic E-state index is 0.229. The molecule has 0 bridgehead atoms. The quantitative estimate of drug-likeness (QED) is 0.230. The molecule has 0 radical (unpaired) electrons. The molecule has 34 heavy (non-hydrogen) atoms. The predicted molar refractivity (Wildman–Crippen MR) is 114 cm³/mol. The average molecular weight is 522 g/mol. The molecular weight excluding hydrogens is 484 g/mol. The third-order valence-electron chi connectivity index (χ3n) is 3.08. The predicted octanol–water partition coefficient (Wildman–Crippen LogP) is -0.290. The van der Waals surface area contributed by atoms with E-state index >= 15 is 0 Å². The van der Waals surface area contributed by atoms with Crippen molar-refractivity contribution in [1.29, 1.82) is 0 Å². The zero-order valence-electron chi connectivity index (χ0n) is 21.3. The summed E-state index contributed by atoms with van der Waals surface area (Å²) in [5.74, 6) is -3.94. The fourth-order valence-electron chi connectivity index (χ4n) is 2.07. The number of carboxylic acid groups (broad SMARTS) is 3. The number of hydrogen-bond donors (Lipinski definition) is 0. The molecule has 0 amide bonds. The van der Waals surface area contributed by atoms with Crippen LogP contribution in [0.5, 0.6) is 0 Å². The van der Waals surface area contributed by atoms with Gasteiger partial charge in [-0.25, -0.2) is 0 Å². The van der Waals surface area contributed by atoms with Gasteiger partial charge in [-0.2, -0.15) is 0 Å². The molecular formula is C23H38O10Ti. The summed E-state index contributed by atoms with van der Waals surface area (Å²) in [4.78, 5) is 61.5. The van der Waals surface area contributed by atoms with Gasteiger partial charge in [-0.3, -0.25) is 14.4 Å². The third kappa shape index (κ3) is 47.8. The van der Waals surface area contributed by atoms with E-state index < -0.39 is 37.2 Å². The minimum atomic E-state index is -1.29. The fourth-order valence-corrected chi connectivity index (χ4v) is 2.07. The fraction of sp³-hybridized carbons (Fsp3) is 0.739. The Kier molecular flexibility index (Phi) is 29.7. The molecule has 0 spiro atoms. The van der Waals surface area contributed by atoms with Crippen molar-refractivity contribution in [2.75, 3.05) is 6.61 Å². The molecule has 0 fully saturated rings. The molecule has 0 N–H and O–H groups in total. The summed E-state index contributed by atoms with van der Waals surface area (Å²) in [7, 11) is 0. The molecule has 0 aliphatic heterocycles. The summed E-state index contributed by atoms with van der Waals surface area (Å²) in [5.41, 5.74) is 0. The van der Waals surface area contributed by atoms with Crippen molar-refractivity contribution in [3.8, 4) is 0 Å². The molecule has 0 rings (SSSR count). The second kappa shape index (κ2) is 25.7. The van der Waals surface area contributed by atoms with Crippen LogP contribution < -0.4 is 15.3 Å². The topological polar surface area (TPSA) is 181 Å². The number of hydrogen-bond acceptors (Lipinski definition) is 10. The van der Waals surface area contributed by atoms with E-state index in [1.807, 2.05) is 48.5 Å². The second-order valence-corrected chi connectivity index (χ2v) is 8.94. The molecule has 0 unspecified atom stereocenters. The van der Waals surface area contributed by atoms with E-state index in [1.54, 1.807) is 20.8 Å². The normalized spacial score (nSPS) is 9.65. The first-order valence-corrected chi connectivity index (χ1v) is 11.5. The molecule has 0 heterocycles. The molecule has 10 nitrogen and oxygen atoms in total. The van der Waals surface area contributed by atoms with E-state index in [1.165, 1.54) is 0 Å². The summed E-state index contributed by atoms with van der Waals surface area (Å²) >= 11 is 1.68. The molecule has 11 heteroatoms. The number of rotatable bonds is 13. The van der Waals surface area contributed by atoms with Crippen LogP contribution in [0, 0.1) is 17.8 Å². The first-order chi connectivity index (χ1) is 15.5. The van der Waals surface area contributed by atoms with E-state index in [0.717, 1.165) is 6.61 Å². The van der Waals surface area contributed by atoms with Crippen LogP contribution in [0.25, 0.3) is 0 Å². The van der Waals surface area contributed by atoms with Crippen LogP contribution in [0.1, 0.15) is 87.0 Å². The van der Waals surface area contributed by atoms with Crippen LogP contribution in [-0.4, -0.2) is 41.9 Å². The van der Waals surface area contributed by atoms with Crippen molar-refractivity contribution in [3.63, 3.8) is 0 Å². The third-order valence-corrected chi connectivity index (χ3v) is 3.53. The zero-order chi connectivity index (χ0) is 27.9. The van der Waals surface area contributed by atoms with Crippen molar-refractivity contribution < 1.29 is 68.2 Å². The number of carbonyl (C=O) groups is 6. The van der Waals surface area contributed by atoms with Crippen LogP contribution >= 0.6 is 0 Å². The monoisotopic (exact) mass is 522 g/mol. The van der Waals surface area contributed by atoms with Crippen molar-refractivity contribution in [2.45, 2.75) is 87.0 Å². The van der Waals surface area contributed by atoms with E-state index in [-0.39, 0.29) is 35.1 Å². The first kappa shape index (κ1) is 39.3. The summed E-state index contributed by atoms with van der Waals surface area (Å²) in [5, 5.41) is 29.6. The van der Waals surface area contributed by atoms with Crippen molar-refractivity contribution >= 4 is 35.3 Å². The van der Waals surface area contributed by atoms with Gasteiger partial charge in [-0.15, -0.1) is 0 Å². The Morgan fingerprint density at radius 2 is 0.765 bits per heavy atom. The van der Waals surface area contributed by atoms with Crippen LogP contribution in [0.4, 0.5) is 0 Å². The van der Waals surface area contributed by atoms with Crippen molar-refractivity contribution in [1.82, 2.24) is 0 Å². The van der Waals surface area contributed by atoms with E-state index in [9.17, 15) is 44.1 Å². The Labute approximate surface area is 214 Å². The van der Waals surface area contributed by atoms with Gasteiger partial charge in [-0.05, 0) is 17.8 Å². The Bertz CT molecular complexity index is 530. The maximum absolute atomic E-state index is 10.6.